The number of hydrogen-bond acceptors (Lipinski definition) is 1. The van der Waals surface area contributed by atoms with Gasteiger partial charge in [0.25, 0.3) is 0 Å². The molecule has 1 aromatic rings. The lowest BCUT2D eigenvalue weighted by molar-refractivity contribution is 0.0839. The molecule has 0 heterocycles. The second-order valence-electron chi connectivity index (χ2n) is 4.33. The van der Waals surface area contributed by atoms with E-state index in [2.05, 4.69) is 15.9 Å². The van der Waals surface area contributed by atoms with Crippen molar-refractivity contribution in [1.82, 2.24) is 0 Å². The molecule has 1 nitrogen and oxygen atoms in total. The van der Waals surface area contributed by atoms with E-state index in [9.17, 15) is 0 Å². The number of hydrogen-bond donors (Lipinski definition) is 0. The number of halogens is 3. The largest absolute Gasteiger partial charge is 0.491 e. The summed E-state index contributed by atoms with van der Waals surface area (Å²) in [6.07, 6.45) is 3.73. The highest BCUT2D eigenvalue weighted by Gasteiger charge is 2.36. The van der Waals surface area contributed by atoms with Crippen LogP contribution in [0.4, 0.5) is 0 Å². The summed E-state index contributed by atoms with van der Waals surface area (Å²) in [6.45, 7) is 0.707. The van der Waals surface area contributed by atoms with Crippen molar-refractivity contribution in [3.63, 3.8) is 0 Å². The van der Waals surface area contributed by atoms with Crippen molar-refractivity contribution < 1.29 is 4.74 Å². The molecule has 4 heteroatoms. The van der Waals surface area contributed by atoms with Crippen molar-refractivity contribution in [3.8, 4) is 5.75 Å². The molecule has 1 fully saturated rings. The summed E-state index contributed by atoms with van der Waals surface area (Å²) in [4.78, 5) is 0. The van der Waals surface area contributed by atoms with E-state index in [1.54, 1.807) is 6.07 Å². The van der Waals surface area contributed by atoms with Crippen molar-refractivity contribution in [1.29, 1.82) is 0 Å². The molecule has 0 amide bonds. The van der Waals surface area contributed by atoms with Gasteiger partial charge in [0.1, 0.15) is 10.8 Å². The van der Waals surface area contributed by atoms with Crippen LogP contribution in [0, 0.1) is 5.41 Å². The molecule has 0 N–H and O–H groups in total. The van der Waals surface area contributed by atoms with Crippen molar-refractivity contribution in [3.05, 3.63) is 28.2 Å². The smallest absolute Gasteiger partial charge is 0.139 e. The van der Waals surface area contributed by atoms with Crippen molar-refractivity contribution >= 4 is 39.1 Å². The Bertz CT molecular complexity index is 372. The van der Waals surface area contributed by atoms with Gasteiger partial charge >= 0.3 is 0 Å². The van der Waals surface area contributed by atoms with Crippen LogP contribution in [0.3, 0.4) is 0 Å². The third-order valence-electron chi connectivity index (χ3n) is 3.15. The Morgan fingerprint density at radius 1 is 1.31 bits per heavy atom. The molecular weight excluding hydrogens is 311 g/mol. The number of benzene rings is 1. The van der Waals surface area contributed by atoms with Gasteiger partial charge in [0.2, 0.25) is 0 Å². The van der Waals surface area contributed by atoms with E-state index in [1.165, 1.54) is 19.3 Å². The first-order valence-corrected chi connectivity index (χ1v) is 7.17. The number of alkyl halides is 1. The first-order valence-electron chi connectivity index (χ1n) is 5.30. The summed E-state index contributed by atoms with van der Waals surface area (Å²) in [5, 5.41) is 2.03. The molecule has 0 unspecified atom stereocenters. The first kappa shape index (κ1) is 12.5. The molecule has 0 aliphatic heterocycles. The zero-order chi connectivity index (χ0) is 11.6. The Morgan fingerprint density at radius 3 is 2.62 bits per heavy atom. The lowest BCUT2D eigenvalue weighted by Gasteiger charge is -2.40. The molecule has 1 aromatic carbocycles. The molecule has 2 rings (SSSR count). The van der Waals surface area contributed by atoms with Crippen LogP contribution in [-0.2, 0) is 0 Å². The van der Waals surface area contributed by atoms with E-state index < -0.39 is 0 Å². The minimum Gasteiger partial charge on any atom is -0.491 e. The highest BCUT2D eigenvalue weighted by Crippen LogP contribution is 2.43. The molecular formula is C12H13BrCl2O. The van der Waals surface area contributed by atoms with Crippen molar-refractivity contribution in [2.75, 3.05) is 11.9 Å². The van der Waals surface area contributed by atoms with E-state index in [0.29, 0.717) is 27.8 Å². The van der Waals surface area contributed by atoms with Gasteiger partial charge in [-0.2, -0.15) is 0 Å². The Balaban J connectivity index is 2.02. The van der Waals surface area contributed by atoms with Crippen LogP contribution in [-0.4, -0.2) is 11.9 Å². The van der Waals surface area contributed by atoms with Crippen LogP contribution >= 0.6 is 39.1 Å². The highest BCUT2D eigenvalue weighted by atomic mass is 79.9. The zero-order valence-electron chi connectivity index (χ0n) is 8.81. The van der Waals surface area contributed by atoms with E-state index in [4.69, 9.17) is 27.9 Å². The lowest BCUT2D eigenvalue weighted by Crippen LogP contribution is -2.37. The van der Waals surface area contributed by atoms with Gasteiger partial charge in [0.15, 0.2) is 0 Å². The topological polar surface area (TPSA) is 9.23 Å². The Hall–Kier alpha value is 0.0800. The van der Waals surface area contributed by atoms with Crippen LogP contribution in [0.5, 0.6) is 5.75 Å². The van der Waals surface area contributed by atoms with Gasteiger partial charge in [-0.3, -0.25) is 0 Å². The fourth-order valence-corrected chi connectivity index (χ4v) is 2.89. The lowest BCUT2D eigenvalue weighted by atomic mass is 9.71. The molecule has 88 valence electrons. The van der Waals surface area contributed by atoms with Gasteiger partial charge in [-0.15, -0.1) is 0 Å². The van der Waals surface area contributed by atoms with E-state index in [0.717, 1.165) is 5.33 Å². The zero-order valence-corrected chi connectivity index (χ0v) is 11.9. The molecule has 16 heavy (non-hydrogen) atoms. The van der Waals surface area contributed by atoms with Crippen LogP contribution in [0.25, 0.3) is 0 Å². The van der Waals surface area contributed by atoms with Crippen molar-refractivity contribution in [2.45, 2.75) is 19.3 Å². The van der Waals surface area contributed by atoms with Crippen LogP contribution < -0.4 is 4.74 Å². The van der Waals surface area contributed by atoms with E-state index in [1.807, 2.05) is 12.1 Å². The molecule has 1 saturated carbocycles. The summed E-state index contributed by atoms with van der Waals surface area (Å²) in [7, 11) is 0. The second-order valence-corrected chi connectivity index (χ2v) is 5.67. The monoisotopic (exact) mass is 322 g/mol. The fraction of sp³-hybridized carbons (Fsp3) is 0.500. The second kappa shape index (κ2) is 5.16. The number of rotatable bonds is 4. The predicted molar refractivity (Wildman–Crippen MR) is 72.0 cm³/mol. The van der Waals surface area contributed by atoms with Crippen LogP contribution in [0.1, 0.15) is 19.3 Å². The predicted octanol–water partition coefficient (Wildman–Crippen LogP) is 4.94. The number of ether oxygens (including phenoxy) is 1. The maximum atomic E-state index is 6.06. The highest BCUT2D eigenvalue weighted by molar-refractivity contribution is 9.09. The van der Waals surface area contributed by atoms with Gasteiger partial charge < -0.3 is 4.74 Å². The Kier molecular flexibility index (Phi) is 4.04. The maximum absolute atomic E-state index is 6.06. The van der Waals surface area contributed by atoms with E-state index in [-0.39, 0.29) is 0 Å². The molecule has 1 aliphatic rings. The maximum Gasteiger partial charge on any atom is 0.139 e. The molecule has 0 spiro atoms. The average molecular weight is 324 g/mol. The van der Waals surface area contributed by atoms with Gasteiger partial charge in [-0.05, 0) is 25.0 Å². The Morgan fingerprint density at radius 2 is 2.06 bits per heavy atom. The third-order valence-corrected chi connectivity index (χ3v) is 5.14. The summed E-state index contributed by atoms with van der Waals surface area (Å²) < 4.78 is 5.77. The van der Waals surface area contributed by atoms with Gasteiger partial charge in [0, 0.05) is 10.7 Å². The Labute approximate surface area is 114 Å². The van der Waals surface area contributed by atoms with Gasteiger partial charge in [-0.25, -0.2) is 0 Å². The van der Waals surface area contributed by atoms with Crippen LogP contribution in [0.2, 0.25) is 10.0 Å². The van der Waals surface area contributed by atoms with Gasteiger partial charge in [-0.1, -0.05) is 51.6 Å². The molecule has 0 atom stereocenters. The molecule has 0 radical (unpaired) electrons. The summed E-state index contributed by atoms with van der Waals surface area (Å²) >= 11 is 15.5. The SMILES string of the molecule is Clc1cccc(OCC2(CBr)CCC2)c1Cl. The summed E-state index contributed by atoms with van der Waals surface area (Å²) in [5.74, 6) is 0.682. The quantitative estimate of drug-likeness (QED) is 0.713. The first-order chi connectivity index (χ1) is 7.67. The molecule has 0 saturated heterocycles. The third kappa shape index (κ3) is 2.49. The molecule has 1 aliphatic carbocycles. The summed E-state index contributed by atoms with van der Waals surface area (Å²) in [6, 6.07) is 5.47. The molecule has 0 bridgehead atoms. The molecule has 0 aromatic heterocycles. The average Bonchev–Trinajstić information content (AvgIpc) is 2.23. The fourth-order valence-electron chi connectivity index (χ4n) is 1.82. The minimum absolute atomic E-state index is 0.297. The minimum atomic E-state index is 0.297. The normalized spacial score (nSPS) is 17.9. The van der Waals surface area contributed by atoms with Crippen LogP contribution in [0.15, 0.2) is 18.2 Å². The van der Waals surface area contributed by atoms with Crippen molar-refractivity contribution in [2.24, 2.45) is 5.41 Å². The van der Waals surface area contributed by atoms with E-state index >= 15 is 0 Å². The van der Waals surface area contributed by atoms with Gasteiger partial charge in [0.05, 0.1) is 11.6 Å². The standard InChI is InChI=1S/C12H13BrCl2O/c13-7-12(5-2-6-12)8-16-10-4-1-3-9(14)11(10)15/h1,3-4H,2,5-8H2. The summed E-state index contributed by atoms with van der Waals surface area (Å²) in [5.41, 5.74) is 0.297.